The summed E-state index contributed by atoms with van der Waals surface area (Å²) in [5, 5.41) is 4.97. The number of benzene rings is 3. The molecule has 0 bridgehead atoms. The molecule has 2 heterocycles. The number of rotatable bonds is 3. The summed E-state index contributed by atoms with van der Waals surface area (Å²) in [6.07, 6.45) is 1.53. The summed E-state index contributed by atoms with van der Waals surface area (Å²) in [6.45, 7) is 2.04. The second kappa shape index (κ2) is 8.82. The highest BCUT2D eigenvalue weighted by molar-refractivity contribution is 9.10. The van der Waals surface area contributed by atoms with Gasteiger partial charge in [-0.1, -0.05) is 36.4 Å². The fraction of sp³-hybridized carbons (Fsp3) is 0.280. The smallest absolute Gasteiger partial charge is 0.254 e. The molecule has 2 amide bonds. The molecule has 0 aliphatic carbocycles. The number of nitrogens with one attached hydrogen (secondary N) is 1. The van der Waals surface area contributed by atoms with E-state index in [1.807, 2.05) is 42.5 Å². The molecule has 5 rings (SSSR count). The van der Waals surface area contributed by atoms with E-state index in [1.54, 1.807) is 17.0 Å². The Morgan fingerprint density at radius 2 is 1.75 bits per heavy atom. The van der Waals surface area contributed by atoms with Crippen molar-refractivity contribution in [2.75, 3.05) is 31.6 Å². The van der Waals surface area contributed by atoms with Crippen LogP contribution >= 0.6 is 15.9 Å². The molecule has 6 nitrogen and oxygen atoms in total. The lowest BCUT2D eigenvalue weighted by Gasteiger charge is -2.32. The first-order valence-corrected chi connectivity index (χ1v) is 11.6. The largest absolute Gasteiger partial charge is 0.486 e. The molecule has 3 aromatic rings. The van der Waals surface area contributed by atoms with Gasteiger partial charge in [-0.15, -0.1) is 0 Å². The van der Waals surface area contributed by atoms with Crippen molar-refractivity contribution in [3.8, 4) is 11.5 Å². The van der Waals surface area contributed by atoms with Gasteiger partial charge < -0.3 is 19.7 Å². The monoisotopic (exact) mass is 494 g/mol. The minimum absolute atomic E-state index is 0.0280. The molecular weight excluding hydrogens is 472 g/mol. The molecule has 1 fully saturated rings. The number of nitrogens with zero attached hydrogens (tertiary/aromatic N) is 1. The predicted octanol–water partition coefficient (Wildman–Crippen LogP) is 4.86. The number of carbonyl (C=O) groups excluding carboxylic acids is 2. The Kier molecular flexibility index (Phi) is 5.74. The van der Waals surface area contributed by atoms with Gasteiger partial charge in [-0.05, 0) is 45.6 Å². The molecule has 7 heteroatoms. The molecule has 0 aromatic heterocycles. The number of halogens is 1. The molecule has 1 atom stereocenters. The van der Waals surface area contributed by atoms with E-state index in [2.05, 4.69) is 21.2 Å². The van der Waals surface area contributed by atoms with Crippen molar-refractivity contribution in [3.63, 3.8) is 0 Å². The molecule has 0 radical (unpaired) electrons. The van der Waals surface area contributed by atoms with Crippen molar-refractivity contribution in [3.05, 3.63) is 64.6 Å². The van der Waals surface area contributed by atoms with Crippen LogP contribution in [-0.4, -0.2) is 43.0 Å². The highest BCUT2D eigenvalue weighted by atomic mass is 79.9. The molecule has 1 saturated heterocycles. The first-order chi connectivity index (χ1) is 15.6. The van der Waals surface area contributed by atoms with Crippen molar-refractivity contribution < 1.29 is 19.1 Å². The normalized spacial score (nSPS) is 17.8. The zero-order valence-corrected chi connectivity index (χ0v) is 19.1. The second-order valence-electron chi connectivity index (χ2n) is 8.08. The third kappa shape index (κ3) is 4.05. The average Bonchev–Trinajstić information content (AvgIpc) is 2.83. The van der Waals surface area contributed by atoms with Gasteiger partial charge in [0.05, 0.1) is 11.6 Å². The SMILES string of the molecule is O=C(Nc1cc2c(cc1Br)OCCO2)C1CCCN(C(=O)c2cccc3ccccc23)C1. The first-order valence-electron chi connectivity index (χ1n) is 10.8. The van der Waals surface area contributed by atoms with Crippen LogP contribution in [0.1, 0.15) is 23.2 Å². The van der Waals surface area contributed by atoms with Crippen LogP contribution in [-0.2, 0) is 4.79 Å². The van der Waals surface area contributed by atoms with Gasteiger partial charge in [-0.25, -0.2) is 0 Å². The number of ether oxygens (including phenoxy) is 2. The number of hydrogen-bond acceptors (Lipinski definition) is 4. The zero-order valence-electron chi connectivity index (χ0n) is 17.5. The Labute approximate surface area is 194 Å². The average molecular weight is 495 g/mol. The van der Waals surface area contributed by atoms with E-state index in [0.29, 0.717) is 49.1 Å². The third-order valence-electron chi connectivity index (χ3n) is 5.99. The molecule has 2 aliphatic heterocycles. The van der Waals surface area contributed by atoms with Gasteiger partial charge in [0.2, 0.25) is 5.91 Å². The van der Waals surface area contributed by atoms with Crippen LogP contribution in [0.2, 0.25) is 0 Å². The van der Waals surface area contributed by atoms with Gasteiger partial charge >= 0.3 is 0 Å². The van der Waals surface area contributed by atoms with E-state index in [4.69, 9.17) is 9.47 Å². The van der Waals surface area contributed by atoms with Gasteiger partial charge in [-0.3, -0.25) is 9.59 Å². The van der Waals surface area contributed by atoms with Gasteiger partial charge in [0.15, 0.2) is 11.5 Å². The summed E-state index contributed by atoms with van der Waals surface area (Å²) in [4.78, 5) is 28.2. The van der Waals surface area contributed by atoms with Crippen molar-refractivity contribution >= 4 is 44.2 Å². The van der Waals surface area contributed by atoms with Gasteiger partial charge in [0.25, 0.3) is 5.91 Å². The third-order valence-corrected chi connectivity index (χ3v) is 6.65. The second-order valence-corrected chi connectivity index (χ2v) is 8.94. The number of anilines is 1. The fourth-order valence-corrected chi connectivity index (χ4v) is 4.77. The van der Waals surface area contributed by atoms with Crippen LogP contribution in [0.5, 0.6) is 11.5 Å². The van der Waals surface area contributed by atoms with E-state index in [1.165, 1.54) is 0 Å². The molecule has 2 aliphatic rings. The molecule has 1 unspecified atom stereocenters. The maximum Gasteiger partial charge on any atom is 0.254 e. The summed E-state index contributed by atoms with van der Waals surface area (Å²) in [5.74, 6) is 0.872. The number of likely N-dealkylation sites (tertiary alicyclic amines) is 1. The van der Waals surface area contributed by atoms with Crippen LogP contribution in [0.25, 0.3) is 10.8 Å². The summed E-state index contributed by atoms with van der Waals surface area (Å²) >= 11 is 3.50. The molecule has 32 heavy (non-hydrogen) atoms. The first kappa shape index (κ1) is 20.8. The zero-order chi connectivity index (χ0) is 22.1. The quantitative estimate of drug-likeness (QED) is 0.564. The van der Waals surface area contributed by atoms with E-state index < -0.39 is 0 Å². The number of piperidine rings is 1. The number of hydrogen-bond donors (Lipinski definition) is 1. The molecule has 1 N–H and O–H groups in total. The van der Waals surface area contributed by atoms with Gasteiger partial charge in [0, 0.05) is 35.3 Å². The number of fused-ring (bicyclic) bond motifs is 2. The van der Waals surface area contributed by atoms with Crippen LogP contribution in [0.4, 0.5) is 5.69 Å². The van der Waals surface area contributed by atoms with Crippen LogP contribution in [0.15, 0.2) is 59.1 Å². The standard InChI is InChI=1S/C25H23BrN2O4/c26-20-13-22-23(32-12-11-31-22)14-21(20)27-24(29)17-7-4-10-28(15-17)25(30)19-9-3-6-16-5-1-2-8-18(16)19/h1-3,5-6,8-9,13-14,17H,4,7,10-12,15H2,(H,27,29). The summed E-state index contributed by atoms with van der Waals surface area (Å²) in [7, 11) is 0. The van der Waals surface area contributed by atoms with E-state index >= 15 is 0 Å². The number of amides is 2. The molecule has 0 saturated carbocycles. The van der Waals surface area contributed by atoms with Gasteiger partial charge in [0.1, 0.15) is 13.2 Å². The molecule has 3 aromatic carbocycles. The van der Waals surface area contributed by atoms with Crippen molar-refractivity contribution in [1.82, 2.24) is 4.90 Å². The Balaban J connectivity index is 1.32. The Morgan fingerprint density at radius 3 is 2.59 bits per heavy atom. The van der Waals surface area contributed by atoms with Crippen LogP contribution in [0, 0.1) is 5.92 Å². The maximum absolute atomic E-state index is 13.3. The predicted molar refractivity (Wildman–Crippen MR) is 126 cm³/mol. The lowest BCUT2D eigenvalue weighted by Crippen LogP contribution is -2.43. The Morgan fingerprint density at radius 1 is 1.00 bits per heavy atom. The molecule has 0 spiro atoms. The summed E-state index contributed by atoms with van der Waals surface area (Å²) in [5.41, 5.74) is 1.32. The minimum Gasteiger partial charge on any atom is -0.486 e. The van der Waals surface area contributed by atoms with Crippen molar-refractivity contribution in [2.45, 2.75) is 12.8 Å². The van der Waals surface area contributed by atoms with Crippen molar-refractivity contribution in [2.24, 2.45) is 5.92 Å². The van der Waals surface area contributed by atoms with Crippen LogP contribution in [0.3, 0.4) is 0 Å². The number of carbonyl (C=O) groups is 2. The fourth-order valence-electron chi connectivity index (χ4n) is 4.35. The summed E-state index contributed by atoms with van der Waals surface area (Å²) in [6, 6.07) is 17.2. The van der Waals surface area contributed by atoms with E-state index in [9.17, 15) is 9.59 Å². The lowest BCUT2D eigenvalue weighted by atomic mass is 9.95. The topological polar surface area (TPSA) is 67.9 Å². The minimum atomic E-state index is -0.275. The maximum atomic E-state index is 13.3. The lowest BCUT2D eigenvalue weighted by molar-refractivity contribution is -0.121. The summed E-state index contributed by atoms with van der Waals surface area (Å²) < 4.78 is 11.9. The van der Waals surface area contributed by atoms with E-state index in [-0.39, 0.29) is 17.7 Å². The highest BCUT2D eigenvalue weighted by Gasteiger charge is 2.30. The Hall–Kier alpha value is -3.06. The van der Waals surface area contributed by atoms with Crippen LogP contribution < -0.4 is 14.8 Å². The van der Waals surface area contributed by atoms with Gasteiger partial charge in [-0.2, -0.15) is 0 Å². The van der Waals surface area contributed by atoms with E-state index in [0.717, 1.165) is 28.1 Å². The van der Waals surface area contributed by atoms with Crippen molar-refractivity contribution in [1.29, 1.82) is 0 Å². The molecule has 164 valence electrons. The Bertz CT molecular complexity index is 1190. The highest BCUT2D eigenvalue weighted by Crippen LogP contribution is 2.38. The molecular formula is C25H23BrN2O4.